The fraction of sp³-hybridized carbons (Fsp3) is 0.571. The molecule has 1 spiro atoms. The number of benzene rings is 1. The lowest BCUT2D eigenvalue weighted by molar-refractivity contribution is -0.136. The van der Waals surface area contributed by atoms with Crippen LogP contribution < -0.4 is 10.6 Å². The molecule has 0 radical (unpaired) electrons. The highest BCUT2D eigenvalue weighted by Gasteiger charge is 2.52. The second kappa shape index (κ2) is 7.71. The Morgan fingerprint density at radius 2 is 1.96 bits per heavy atom. The molecule has 1 aliphatic heterocycles. The Labute approximate surface area is 160 Å². The number of rotatable bonds is 5. The summed E-state index contributed by atoms with van der Waals surface area (Å²) in [6, 6.07) is 5.61. The van der Waals surface area contributed by atoms with Crippen molar-refractivity contribution >= 4 is 17.8 Å². The van der Waals surface area contributed by atoms with E-state index in [0.717, 1.165) is 35.3 Å². The molecular formula is C21H29N3O3. The summed E-state index contributed by atoms with van der Waals surface area (Å²) < 4.78 is 0. The number of aryl methyl sites for hydroxylation is 2. The van der Waals surface area contributed by atoms with Crippen molar-refractivity contribution in [3.8, 4) is 0 Å². The third kappa shape index (κ3) is 3.99. The van der Waals surface area contributed by atoms with E-state index in [2.05, 4.69) is 23.6 Å². The van der Waals surface area contributed by atoms with Crippen LogP contribution in [0.1, 0.15) is 55.7 Å². The van der Waals surface area contributed by atoms with Crippen molar-refractivity contribution in [1.29, 1.82) is 0 Å². The Morgan fingerprint density at radius 1 is 1.26 bits per heavy atom. The zero-order valence-electron chi connectivity index (χ0n) is 16.4. The van der Waals surface area contributed by atoms with Gasteiger partial charge in [-0.1, -0.05) is 37.1 Å². The van der Waals surface area contributed by atoms with Gasteiger partial charge in [0.25, 0.3) is 5.91 Å². The van der Waals surface area contributed by atoms with Gasteiger partial charge in [-0.15, -0.1) is 0 Å². The number of nitrogens with one attached hydrogen (secondary N) is 2. The second-order valence-electron chi connectivity index (χ2n) is 7.96. The molecule has 2 fully saturated rings. The van der Waals surface area contributed by atoms with E-state index >= 15 is 0 Å². The van der Waals surface area contributed by atoms with Crippen molar-refractivity contribution in [3.05, 3.63) is 34.9 Å². The van der Waals surface area contributed by atoms with Gasteiger partial charge in [0.1, 0.15) is 12.1 Å². The van der Waals surface area contributed by atoms with Gasteiger partial charge in [-0.05, 0) is 56.6 Å². The summed E-state index contributed by atoms with van der Waals surface area (Å²) in [6.45, 7) is 6.34. The number of imide groups is 1. The minimum Gasteiger partial charge on any atom is -0.350 e. The van der Waals surface area contributed by atoms with Crippen LogP contribution in [0, 0.1) is 19.8 Å². The van der Waals surface area contributed by atoms with Crippen LogP contribution >= 0.6 is 0 Å². The van der Waals surface area contributed by atoms with Gasteiger partial charge < -0.3 is 10.6 Å². The van der Waals surface area contributed by atoms with Crippen LogP contribution in [0.2, 0.25) is 0 Å². The number of nitrogens with zero attached hydrogens (tertiary/aromatic N) is 1. The van der Waals surface area contributed by atoms with Crippen LogP contribution in [0.15, 0.2) is 18.2 Å². The highest BCUT2D eigenvalue weighted by atomic mass is 16.2. The quantitative estimate of drug-likeness (QED) is 0.781. The Morgan fingerprint density at radius 3 is 2.59 bits per heavy atom. The Hall–Kier alpha value is -2.37. The third-order valence-corrected chi connectivity index (χ3v) is 6.06. The van der Waals surface area contributed by atoms with Gasteiger partial charge in [0.2, 0.25) is 5.91 Å². The Balaban J connectivity index is 1.58. The van der Waals surface area contributed by atoms with E-state index in [-0.39, 0.29) is 18.4 Å². The lowest BCUT2D eigenvalue weighted by atomic mass is 9.75. The molecule has 3 rings (SSSR count). The molecule has 1 saturated heterocycles. The molecule has 0 aromatic heterocycles. The minimum atomic E-state index is -0.795. The molecule has 2 aliphatic rings. The zero-order chi connectivity index (χ0) is 19.6. The summed E-state index contributed by atoms with van der Waals surface area (Å²) in [5.41, 5.74) is 2.51. The van der Waals surface area contributed by atoms with Gasteiger partial charge in [-0.2, -0.15) is 0 Å². The normalized spacial score (nSPS) is 25.0. The SMILES string of the molecule is CCC1CCC2(CC1)NC(=O)N(CC(=O)NCc1ccc(C)cc1C)C2=O. The van der Waals surface area contributed by atoms with Crippen molar-refractivity contribution in [3.63, 3.8) is 0 Å². The molecular weight excluding hydrogens is 342 g/mol. The van der Waals surface area contributed by atoms with Gasteiger partial charge in [0, 0.05) is 6.54 Å². The van der Waals surface area contributed by atoms with Crippen LogP contribution in [0.25, 0.3) is 0 Å². The van der Waals surface area contributed by atoms with Crippen LogP contribution in [0.4, 0.5) is 4.79 Å². The van der Waals surface area contributed by atoms with Gasteiger partial charge in [0.05, 0.1) is 0 Å². The molecule has 1 aromatic carbocycles. The molecule has 0 atom stereocenters. The van der Waals surface area contributed by atoms with E-state index < -0.39 is 11.6 Å². The maximum absolute atomic E-state index is 12.9. The van der Waals surface area contributed by atoms with Crippen molar-refractivity contribution in [1.82, 2.24) is 15.5 Å². The molecule has 0 unspecified atom stereocenters. The monoisotopic (exact) mass is 371 g/mol. The summed E-state index contributed by atoms with van der Waals surface area (Å²) in [6.07, 6.45) is 4.31. The summed E-state index contributed by atoms with van der Waals surface area (Å²) in [5, 5.41) is 5.69. The van der Waals surface area contributed by atoms with Crippen molar-refractivity contribution < 1.29 is 14.4 Å². The Kier molecular flexibility index (Phi) is 5.53. The van der Waals surface area contributed by atoms with E-state index in [1.165, 1.54) is 5.56 Å². The number of amides is 4. The molecule has 1 aromatic rings. The van der Waals surface area contributed by atoms with Crippen molar-refractivity contribution in [2.24, 2.45) is 5.92 Å². The van der Waals surface area contributed by atoms with Gasteiger partial charge in [0.15, 0.2) is 0 Å². The highest BCUT2D eigenvalue weighted by molar-refractivity contribution is 6.09. The molecule has 146 valence electrons. The summed E-state index contributed by atoms with van der Waals surface area (Å²) in [5.74, 6) is 0.0527. The third-order valence-electron chi connectivity index (χ3n) is 6.06. The van der Waals surface area contributed by atoms with Crippen LogP contribution in [0.5, 0.6) is 0 Å². The van der Waals surface area contributed by atoms with Gasteiger partial charge in [-0.3, -0.25) is 14.5 Å². The molecule has 4 amide bonds. The minimum absolute atomic E-state index is 0.228. The molecule has 0 bridgehead atoms. The zero-order valence-corrected chi connectivity index (χ0v) is 16.4. The summed E-state index contributed by atoms with van der Waals surface area (Å²) >= 11 is 0. The molecule has 6 heteroatoms. The van der Waals surface area contributed by atoms with E-state index in [1.807, 2.05) is 26.0 Å². The van der Waals surface area contributed by atoms with Crippen molar-refractivity contribution in [2.45, 2.75) is 65.0 Å². The standard InChI is InChI=1S/C21H29N3O3/c1-4-16-7-9-21(10-8-16)19(26)24(20(27)23-21)13-18(25)22-12-17-6-5-14(2)11-15(17)3/h5-6,11,16H,4,7-10,12-13H2,1-3H3,(H,22,25)(H,23,27). The lowest BCUT2D eigenvalue weighted by Gasteiger charge is -2.34. The highest BCUT2D eigenvalue weighted by Crippen LogP contribution is 2.37. The average molecular weight is 371 g/mol. The number of carbonyl (C=O) groups is 3. The van der Waals surface area contributed by atoms with Crippen LogP contribution in [-0.4, -0.2) is 34.8 Å². The maximum atomic E-state index is 12.9. The molecule has 27 heavy (non-hydrogen) atoms. The van der Waals surface area contributed by atoms with E-state index in [4.69, 9.17) is 0 Å². The van der Waals surface area contributed by atoms with Gasteiger partial charge >= 0.3 is 6.03 Å². The predicted octanol–water partition coefficient (Wildman–Crippen LogP) is 2.81. The van der Waals surface area contributed by atoms with Crippen LogP contribution in [0.3, 0.4) is 0 Å². The smallest absolute Gasteiger partial charge is 0.325 e. The first-order chi connectivity index (χ1) is 12.8. The second-order valence-corrected chi connectivity index (χ2v) is 7.96. The fourth-order valence-corrected chi connectivity index (χ4v) is 4.17. The number of carbonyl (C=O) groups excluding carboxylic acids is 3. The molecule has 2 N–H and O–H groups in total. The Bertz CT molecular complexity index is 751. The topological polar surface area (TPSA) is 78.5 Å². The molecule has 6 nitrogen and oxygen atoms in total. The van der Waals surface area contributed by atoms with E-state index in [9.17, 15) is 14.4 Å². The van der Waals surface area contributed by atoms with Gasteiger partial charge in [-0.25, -0.2) is 4.79 Å². The molecule has 1 aliphatic carbocycles. The first kappa shape index (κ1) is 19.4. The van der Waals surface area contributed by atoms with E-state index in [1.54, 1.807) is 0 Å². The van der Waals surface area contributed by atoms with Crippen LogP contribution in [-0.2, 0) is 16.1 Å². The average Bonchev–Trinajstić information content (AvgIpc) is 2.86. The number of hydrogen-bond acceptors (Lipinski definition) is 3. The largest absolute Gasteiger partial charge is 0.350 e. The fourth-order valence-electron chi connectivity index (χ4n) is 4.17. The maximum Gasteiger partial charge on any atom is 0.325 e. The predicted molar refractivity (Wildman–Crippen MR) is 103 cm³/mol. The summed E-state index contributed by atoms with van der Waals surface area (Å²) in [4.78, 5) is 38.6. The molecule has 1 saturated carbocycles. The number of urea groups is 1. The number of hydrogen-bond donors (Lipinski definition) is 2. The van der Waals surface area contributed by atoms with Crippen molar-refractivity contribution in [2.75, 3.05) is 6.54 Å². The molecule has 1 heterocycles. The first-order valence-electron chi connectivity index (χ1n) is 9.81. The lowest BCUT2D eigenvalue weighted by Crippen LogP contribution is -2.50. The van der Waals surface area contributed by atoms with E-state index in [0.29, 0.717) is 25.3 Å². The summed E-state index contributed by atoms with van der Waals surface area (Å²) in [7, 11) is 0. The first-order valence-corrected chi connectivity index (χ1v) is 9.81.